The minimum atomic E-state index is -0.371. The number of hydrogen-bond acceptors (Lipinski definition) is 2. The Morgan fingerprint density at radius 2 is 2.25 bits per heavy atom. The summed E-state index contributed by atoms with van der Waals surface area (Å²) in [5.74, 6) is -0.655. The first kappa shape index (κ1) is 14.4. The van der Waals surface area contributed by atoms with Crippen LogP contribution in [0, 0.1) is 5.82 Å². The molecule has 1 aromatic carbocycles. The summed E-state index contributed by atoms with van der Waals surface area (Å²) in [4.78, 5) is 15.6. The SMILES string of the molecule is O=C(C=Cc1cc(Br)ccc1F)NCc1cccnc1. The van der Waals surface area contributed by atoms with Gasteiger partial charge < -0.3 is 5.32 Å². The number of nitrogens with zero attached hydrogens (tertiary/aromatic N) is 1. The van der Waals surface area contributed by atoms with E-state index < -0.39 is 0 Å². The maximum Gasteiger partial charge on any atom is 0.244 e. The number of pyridine rings is 1. The fraction of sp³-hybridized carbons (Fsp3) is 0.0667. The van der Waals surface area contributed by atoms with Crippen LogP contribution in [0.1, 0.15) is 11.1 Å². The van der Waals surface area contributed by atoms with Crippen LogP contribution in [0.5, 0.6) is 0 Å². The molecule has 2 rings (SSSR count). The van der Waals surface area contributed by atoms with E-state index >= 15 is 0 Å². The average Bonchev–Trinajstić information content (AvgIpc) is 2.47. The third kappa shape index (κ3) is 4.28. The molecule has 0 radical (unpaired) electrons. The van der Waals surface area contributed by atoms with E-state index in [2.05, 4.69) is 26.2 Å². The van der Waals surface area contributed by atoms with Crippen molar-refractivity contribution in [3.8, 4) is 0 Å². The Morgan fingerprint density at radius 3 is 3.00 bits per heavy atom. The minimum absolute atomic E-state index is 0.284. The number of aromatic nitrogens is 1. The molecule has 0 bridgehead atoms. The molecule has 0 aliphatic carbocycles. The number of rotatable bonds is 4. The van der Waals surface area contributed by atoms with Crippen molar-refractivity contribution in [3.05, 3.63) is 70.2 Å². The van der Waals surface area contributed by atoms with Gasteiger partial charge in [0.2, 0.25) is 5.91 Å². The molecule has 20 heavy (non-hydrogen) atoms. The topological polar surface area (TPSA) is 42.0 Å². The largest absolute Gasteiger partial charge is 0.348 e. The van der Waals surface area contributed by atoms with Crippen LogP contribution in [0.4, 0.5) is 4.39 Å². The Bertz CT molecular complexity index is 629. The maximum atomic E-state index is 13.5. The van der Waals surface area contributed by atoms with Gasteiger partial charge in [0.1, 0.15) is 5.82 Å². The number of benzene rings is 1. The Kier molecular flexibility index (Phi) is 5.01. The standard InChI is InChI=1S/C15H12BrFN2O/c16-13-4-5-14(17)12(8-13)3-6-15(20)19-10-11-2-1-7-18-9-11/h1-9H,10H2,(H,19,20). The predicted octanol–water partition coefficient (Wildman–Crippen LogP) is 3.31. The van der Waals surface area contributed by atoms with Gasteiger partial charge in [0.15, 0.2) is 0 Å². The van der Waals surface area contributed by atoms with Crippen LogP contribution in [0.2, 0.25) is 0 Å². The van der Waals surface area contributed by atoms with Gasteiger partial charge in [-0.2, -0.15) is 0 Å². The number of nitrogens with one attached hydrogen (secondary N) is 1. The Morgan fingerprint density at radius 1 is 1.40 bits per heavy atom. The van der Waals surface area contributed by atoms with Crippen molar-refractivity contribution in [2.24, 2.45) is 0 Å². The van der Waals surface area contributed by atoms with E-state index in [1.165, 1.54) is 18.2 Å². The van der Waals surface area contributed by atoms with E-state index in [4.69, 9.17) is 0 Å². The van der Waals surface area contributed by atoms with Gasteiger partial charge in [-0.15, -0.1) is 0 Å². The van der Waals surface area contributed by atoms with Crippen molar-refractivity contribution in [1.82, 2.24) is 10.3 Å². The van der Waals surface area contributed by atoms with Gasteiger partial charge in [0.25, 0.3) is 0 Å². The van der Waals surface area contributed by atoms with Crippen molar-refractivity contribution in [2.75, 3.05) is 0 Å². The van der Waals surface area contributed by atoms with Gasteiger partial charge in [-0.1, -0.05) is 22.0 Å². The predicted molar refractivity (Wildman–Crippen MR) is 79.2 cm³/mol. The van der Waals surface area contributed by atoms with E-state index in [0.29, 0.717) is 12.1 Å². The molecule has 1 heterocycles. The molecule has 3 nitrogen and oxygen atoms in total. The fourth-order valence-corrected chi connectivity index (χ4v) is 1.94. The quantitative estimate of drug-likeness (QED) is 0.871. The number of halogens is 2. The molecule has 0 atom stereocenters. The number of amides is 1. The minimum Gasteiger partial charge on any atom is -0.348 e. The molecule has 1 aromatic heterocycles. The Balaban J connectivity index is 1.94. The van der Waals surface area contributed by atoms with Crippen molar-refractivity contribution in [3.63, 3.8) is 0 Å². The van der Waals surface area contributed by atoms with Crippen molar-refractivity contribution in [1.29, 1.82) is 0 Å². The normalized spacial score (nSPS) is 10.7. The van der Waals surface area contributed by atoms with Crippen LogP contribution in [0.15, 0.2) is 53.3 Å². The zero-order valence-corrected chi connectivity index (χ0v) is 12.1. The molecule has 0 saturated carbocycles. The molecule has 5 heteroatoms. The maximum absolute atomic E-state index is 13.5. The smallest absolute Gasteiger partial charge is 0.244 e. The van der Waals surface area contributed by atoms with Crippen LogP contribution < -0.4 is 5.32 Å². The highest BCUT2D eigenvalue weighted by atomic mass is 79.9. The first-order chi connectivity index (χ1) is 9.65. The summed E-state index contributed by atoms with van der Waals surface area (Å²) in [6, 6.07) is 8.23. The lowest BCUT2D eigenvalue weighted by molar-refractivity contribution is -0.116. The van der Waals surface area contributed by atoms with Crippen molar-refractivity contribution < 1.29 is 9.18 Å². The van der Waals surface area contributed by atoms with Crippen LogP contribution >= 0.6 is 15.9 Å². The highest BCUT2D eigenvalue weighted by Crippen LogP contribution is 2.16. The van der Waals surface area contributed by atoms with Crippen LogP contribution in [-0.4, -0.2) is 10.9 Å². The lowest BCUT2D eigenvalue weighted by Crippen LogP contribution is -2.20. The summed E-state index contributed by atoms with van der Waals surface area (Å²) in [5.41, 5.74) is 1.26. The van der Waals surface area contributed by atoms with E-state index in [0.717, 1.165) is 10.0 Å². The van der Waals surface area contributed by atoms with Gasteiger partial charge >= 0.3 is 0 Å². The van der Waals surface area contributed by atoms with E-state index in [-0.39, 0.29) is 11.7 Å². The van der Waals surface area contributed by atoms with Crippen LogP contribution in [0.3, 0.4) is 0 Å². The van der Waals surface area contributed by atoms with Crippen molar-refractivity contribution in [2.45, 2.75) is 6.54 Å². The molecule has 2 aromatic rings. The zero-order chi connectivity index (χ0) is 14.4. The lowest BCUT2D eigenvalue weighted by Gasteiger charge is -2.02. The summed E-state index contributed by atoms with van der Waals surface area (Å²) in [7, 11) is 0. The van der Waals surface area contributed by atoms with Crippen LogP contribution in [-0.2, 0) is 11.3 Å². The van der Waals surface area contributed by atoms with E-state index in [1.807, 2.05) is 6.07 Å². The van der Waals surface area contributed by atoms with Crippen molar-refractivity contribution >= 4 is 27.9 Å². The molecule has 102 valence electrons. The number of carbonyl (C=O) groups excluding carboxylic acids is 1. The summed E-state index contributed by atoms with van der Waals surface area (Å²) >= 11 is 3.26. The van der Waals surface area contributed by atoms with E-state index in [1.54, 1.807) is 30.6 Å². The zero-order valence-electron chi connectivity index (χ0n) is 10.5. The molecular formula is C15H12BrFN2O. The Hall–Kier alpha value is -2.01. The third-order valence-electron chi connectivity index (χ3n) is 2.56. The van der Waals surface area contributed by atoms with Gasteiger partial charge in [-0.05, 0) is 35.9 Å². The third-order valence-corrected chi connectivity index (χ3v) is 3.06. The fourth-order valence-electron chi connectivity index (χ4n) is 1.56. The van der Waals surface area contributed by atoms with Gasteiger partial charge in [-0.3, -0.25) is 9.78 Å². The monoisotopic (exact) mass is 334 g/mol. The molecule has 0 saturated heterocycles. The second kappa shape index (κ2) is 6.96. The molecule has 0 fully saturated rings. The highest BCUT2D eigenvalue weighted by Gasteiger charge is 2.01. The molecule has 0 aliphatic rings. The number of hydrogen-bond donors (Lipinski definition) is 1. The summed E-state index contributed by atoms with van der Waals surface area (Å²) in [6.45, 7) is 0.387. The molecular weight excluding hydrogens is 323 g/mol. The van der Waals surface area contributed by atoms with E-state index in [9.17, 15) is 9.18 Å². The Labute approximate surface area is 124 Å². The molecule has 1 amide bonds. The first-order valence-electron chi connectivity index (χ1n) is 5.95. The van der Waals surface area contributed by atoms with Gasteiger partial charge in [0.05, 0.1) is 0 Å². The summed E-state index contributed by atoms with van der Waals surface area (Å²) < 4.78 is 14.2. The van der Waals surface area contributed by atoms with Gasteiger partial charge in [0, 0.05) is 35.1 Å². The second-order valence-electron chi connectivity index (χ2n) is 4.08. The molecule has 1 N–H and O–H groups in total. The summed E-state index contributed by atoms with van der Waals surface area (Å²) in [6.07, 6.45) is 6.10. The second-order valence-corrected chi connectivity index (χ2v) is 4.99. The van der Waals surface area contributed by atoms with Gasteiger partial charge in [-0.25, -0.2) is 4.39 Å². The lowest BCUT2D eigenvalue weighted by atomic mass is 10.2. The molecule has 0 aliphatic heterocycles. The van der Waals surface area contributed by atoms with Crippen LogP contribution in [0.25, 0.3) is 6.08 Å². The molecule has 0 spiro atoms. The number of carbonyl (C=O) groups is 1. The summed E-state index contributed by atoms with van der Waals surface area (Å²) in [5, 5.41) is 2.70. The average molecular weight is 335 g/mol. The first-order valence-corrected chi connectivity index (χ1v) is 6.74. The highest BCUT2D eigenvalue weighted by molar-refractivity contribution is 9.10. The molecule has 0 unspecified atom stereocenters.